The van der Waals surface area contributed by atoms with Crippen molar-refractivity contribution >= 4 is 23.1 Å². The zero-order chi connectivity index (χ0) is 18.4. The van der Waals surface area contributed by atoms with Gasteiger partial charge in [-0.2, -0.15) is 0 Å². The van der Waals surface area contributed by atoms with E-state index in [-0.39, 0.29) is 5.69 Å². The van der Waals surface area contributed by atoms with Crippen molar-refractivity contribution in [2.24, 2.45) is 0 Å². The predicted molar refractivity (Wildman–Crippen MR) is 90.1 cm³/mol. The van der Waals surface area contributed by atoms with E-state index in [9.17, 15) is 18.0 Å². The van der Waals surface area contributed by atoms with Gasteiger partial charge in [-0.3, -0.25) is 0 Å². The molecule has 0 fully saturated rings. The normalized spacial score (nSPS) is 11.4. The van der Waals surface area contributed by atoms with Crippen LogP contribution in [0.5, 0.6) is 5.75 Å². The molecule has 1 aromatic heterocycles. The van der Waals surface area contributed by atoms with Crippen molar-refractivity contribution in [1.29, 1.82) is 0 Å². The number of rotatable bonds is 6. The maximum absolute atomic E-state index is 12.4. The van der Waals surface area contributed by atoms with Crippen LogP contribution in [0.15, 0.2) is 29.6 Å². The van der Waals surface area contributed by atoms with Crippen molar-refractivity contribution in [2.45, 2.75) is 32.5 Å². The number of ether oxygens (including phenoxy) is 1. The molecule has 5 nitrogen and oxygen atoms in total. The lowest BCUT2D eigenvalue weighted by atomic mass is 10.2. The Balaban J connectivity index is 1.86. The third-order valence-electron chi connectivity index (χ3n) is 3.09. The van der Waals surface area contributed by atoms with Crippen molar-refractivity contribution < 1.29 is 22.7 Å². The first-order valence-corrected chi connectivity index (χ1v) is 8.46. The van der Waals surface area contributed by atoms with E-state index in [1.54, 1.807) is 11.3 Å². The molecule has 0 spiro atoms. The molecule has 136 valence electrons. The number of carbonyl (C=O) groups excluding carboxylic acids is 1. The monoisotopic (exact) mass is 373 g/mol. The maximum atomic E-state index is 12.4. The fourth-order valence-corrected chi connectivity index (χ4v) is 2.83. The summed E-state index contributed by atoms with van der Waals surface area (Å²) in [6, 6.07) is 4.74. The number of halogens is 3. The smallest absolute Gasteiger partial charge is 0.404 e. The van der Waals surface area contributed by atoms with Gasteiger partial charge in [-0.1, -0.05) is 26.0 Å². The Bertz CT molecular complexity index is 717. The number of urea groups is 1. The van der Waals surface area contributed by atoms with Gasteiger partial charge in [0.2, 0.25) is 0 Å². The molecule has 0 atom stereocenters. The largest absolute Gasteiger partial charge is 0.573 e. The van der Waals surface area contributed by atoms with Crippen LogP contribution in [0.1, 0.15) is 30.5 Å². The molecule has 0 saturated heterocycles. The van der Waals surface area contributed by atoms with Gasteiger partial charge in [0.05, 0.1) is 16.4 Å². The lowest BCUT2D eigenvalue weighted by molar-refractivity contribution is -0.274. The molecule has 0 unspecified atom stereocenters. The number of amides is 2. The second kappa shape index (κ2) is 8.19. The molecule has 0 aliphatic carbocycles. The zero-order valence-electron chi connectivity index (χ0n) is 13.7. The summed E-state index contributed by atoms with van der Waals surface area (Å²) in [5.41, 5.74) is 0.808. The van der Waals surface area contributed by atoms with E-state index in [2.05, 4.69) is 34.2 Å². The second-order valence-corrected chi connectivity index (χ2v) is 6.40. The first-order chi connectivity index (χ1) is 11.7. The first kappa shape index (κ1) is 19.0. The Morgan fingerprint density at radius 1 is 1.32 bits per heavy atom. The number of anilines is 1. The van der Waals surface area contributed by atoms with Crippen LogP contribution in [0.25, 0.3) is 0 Å². The number of hydrogen-bond acceptors (Lipinski definition) is 4. The number of para-hydroxylation sites is 2. The number of carbonyl (C=O) groups is 1. The Labute approximate surface area is 147 Å². The van der Waals surface area contributed by atoms with Gasteiger partial charge in [0.15, 0.2) is 5.75 Å². The molecular weight excluding hydrogens is 355 g/mol. The van der Waals surface area contributed by atoms with Crippen molar-refractivity contribution in [3.05, 3.63) is 40.3 Å². The molecule has 25 heavy (non-hydrogen) atoms. The van der Waals surface area contributed by atoms with Crippen LogP contribution in [-0.2, 0) is 6.42 Å². The van der Waals surface area contributed by atoms with Gasteiger partial charge in [0.25, 0.3) is 0 Å². The zero-order valence-corrected chi connectivity index (χ0v) is 14.5. The summed E-state index contributed by atoms with van der Waals surface area (Å²) < 4.78 is 40.9. The molecular formula is C16H18F3N3O2S. The summed E-state index contributed by atoms with van der Waals surface area (Å²) in [6.45, 7) is 4.42. The molecule has 0 bridgehead atoms. The van der Waals surface area contributed by atoms with Crippen molar-refractivity contribution in [2.75, 3.05) is 11.9 Å². The molecule has 0 saturated carbocycles. The number of thiazole rings is 1. The number of benzene rings is 1. The van der Waals surface area contributed by atoms with Crippen LogP contribution >= 0.6 is 11.3 Å². The lowest BCUT2D eigenvalue weighted by Crippen LogP contribution is -2.31. The Morgan fingerprint density at radius 2 is 2.04 bits per heavy atom. The van der Waals surface area contributed by atoms with E-state index in [1.807, 2.05) is 5.38 Å². The van der Waals surface area contributed by atoms with Gasteiger partial charge in [0, 0.05) is 24.3 Å². The van der Waals surface area contributed by atoms with Gasteiger partial charge in [0.1, 0.15) is 0 Å². The molecule has 0 aliphatic heterocycles. The minimum Gasteiger partial charge on any atom is -0.404 e. The van der Waals surface area contributed by atoms with E-state index in [4.69, 9.17) is 0 Å². The van der Waals surface area contributed by atoms with E-state index < -0.39 is 18.1 Å². The highest BCUT2D eigenvalue weighted by molar-refractivity contribution is 7.09. The predicted octanol–water partition coefficient (Wildman–Crippen LogP) is 4.53. The van der Waals surface area contributed by atoms with E-state index in [0.29, 0.717) is 18.9 Å². The number of nitrogens with zero attached hydrogens (tertiary/aromatic N) is 1. The van der Waals surface area contributed by atoms with Crippen LogP contribution in [0.4, 0.5) is 23.7 Å². The van der Waals surface area contributed by atoms with E-state index in [0.717, 1.165) is 16.8 Å². The van der Waals surface area contributed by atoms with Gasteiger partial charge in [-0.05, 0) is 12.1 Å². The first-order valence-electron chi connectivity index (χ1n) is 7.58. The highest BCUT2D eigenvalue weighted by Gasteiger charge is 2.32. The quantitative estimate of drug-likeness (QED) is 0.782. The van der Waals surface area contributed by atoms with Crippen molar-refractivity contribution in [3.63, 3.8) is 0 Å². The van der Waals surface area contributed by atoms with Crippen molar-refractivity contribution in [1.82, 2.24) is 10.3 Å². The van der Waals surface area contributed by atoms with Gasteiger partial charge >= 0.3 is 12.4 Å². The molecule has 2 rings (SSSR count). The third-order valence-corrected chi connectivity index (χ3v) is 4.29. The van der Waals surface area contributed by atoms with Crippen LogP contribution in [0, 0.1) is 0 Å². The maximum Gasteiger partial charge on any atom is 0.573 e. The second-order valence-electron chi connectivity index (χ2n) is 5.51. The Hall–Kier alpha value is -2.29. The Kier molecular flexibility index (Phi) is 6.24. The van der Waals surface area contributed by atoms with Crippen LogP contribution in [0.2, 0.25) is 0 Å². The molecule has 2 amide bonds. The molecule has 0 aliphatic rings. The fourth-order valence-electron chi connectivity index (χ4n) is 1.96. The van der Waals surface area contributed by atoms with E-state index in [1.165, 1.54) is 18.2 Å². The van der Waals surface area contributed by atoms with Gasteiger partial charge in [-0.25, -0.2) is 9.78 Å². The number of hydrogen-bond donors (Lipinski definition) is 2. The van der Waals surface area contributed by atoms with Crippen LogP contribution < -0.4 is 15.4 Å². The topological polar surface area (TPSA) is 63.2 Å². The number of alkyl halides is 3. The SMILES string of the molecule is CC(C)c1nc(CCNC(=O)Nc2ccccc2OC(F)(F)F)cs1. The summed E-state index contributed by atoms with van der Waals surface area (Å²) in [5.74, 6) is -0.119. The minimum atomic E-state index is -4.83. The summed E-state index contributed by atoms with van der Waals surface area (Å²) in [7, 11) is 0. The minimum absolute atomic E-state index is 0.0620. The Morgan fingerprint density at radius 3 is 2.68 bits per heavy atom. The highest BCUT2D eigenvalue weighted by Crippen LogP contribution is 2.29. The van der Waals surface area contributed by atoms with Crippen LogP contribution in [-0.4, -0.2) is 23.9 Å². The summed E-state index contributed by atoms with van der Waals surface area (Å²) in [6.07, 6.45) is -4.29. The van der Waals surface area contributed by atoms with Crippen LogP contribution in [0.3, 0.4) is 0 Å². The third kappa shape index (κ3) is 6.26. The fraction of sp³-hybridized carbons (Fsp3) is 0.375. The molecule has 0 radical (unpaired) electrons. The molecule has 1 heterocycles. The van der Waals surface area contributed by atoms with Crippen molar-refractivity contribution in [3.8, 4) is 5.75 Å². The number of nitrogens with one attached hydrogen (secondary N) is 2. The molecule has 2 N–H and O–H groups in total. The summed E-state index contributed by atoms with van der Waals surface area (Å²) in [5, 5.41) is 7.89. The lowest BCUT2D eigenvalue weighted by Gasteiger charge is -2.14. The molecule has 9 heteroatoms. The van der Waals surface area contributed by atoms with E-state index >= 15 is 0 Å². The number of aromatic nitrogens is 1. The standard InChI is InChI=1S/C16H18F3N3O2S/c1-10(2)14-21-11(9-25-14)7-8-20-15(23)22-12-5-3-4-6-13(12)24-16(17,18)19/h3-6,9-10H,7-8H2,1-2H3,(H2,20,22,23). The summed E-state index contributed by atoms with van der Waals surface area (Å²) in [4.78, 5) is 16.3. The molecule has 1 aromatic carbocycles. The average Bonchev–Trinajstić information content (AvgIpc) is 2.97. The van der Waals surface area contributed by atoms with Gasteiger partial charge in [-0.15, -0.1) is 24.5 Å². The molecule has 2 aromatic rings. The average molecular weight is 373 g/mol. The highest BCUT2D eigenvalue weighted by atomic mass is 32.1. The van der Waals surface area contributed by atoms with Gasteiger partial charge < -0.3 is 15.4 Å². The summed E-state index contributed by atoms with van der Waals surface area (Å²) >= 11 is 1.56.